The van der Waals surface area contributed by atoms with E-state index in [4.69, 9.17) is 33.2 Å². The lowest BCUT2D eigenvalue weighted by Crippen LogP contribution is -2.43. The molecule has 4 atom stereocenters. The molecule has 0 spiro atoms. The van der Waals surface area contributed by atoms with Crippen molar-refractivity contribution in [1.82, 2.24) is 14.5 Å². The van der Waals surface area contributed by atoms with Gasteiger partial charge < -0.3 is 43.2 Å². The number of nitrogens with one attached hydrogen (secondary N) is 1. The molecule has 2 heterocycles. The van der Waals surface area contributed by atoms with E-state index in [0.29, 0.717) is 11.5 Å². The van der Waals surface area contributed by atoms with Crippen molar-refractivity contribution < 1.29 is 47.9 Å². The fraction of sp³-hybridized carbons (Fsp3) is 0.455. The van der Waals surface area contributed by atoms with Crippen LogP contribution in [0.4, 0.5) is 0 Å². The first kappa shape index (κ1) is 46.4. The van der Waals surface area contributed by atoms with Gasteiger partial charge in [-0.25, -0.2) is 4.79 Å². The van der Waals surface area contributed by atoms with Crippen LogP contribution in [0.5, 0.6) is 11.5 Å². The van der Waals surface area contributed by atoms with Gasteiger partial charge >= 0.3 is 17.6 Å². The molecule has 0 amide bonds. The third kappa shape index (κ3) is 11.9. The third-order valence-corrected chi connectivity index (χ3v) is 10.1. The molecule has 15 nitrogen and oxygen atoms in total. The summed E-state index contributed by atoms with van der Waals surface area (Å²) in [5.41, 5.74) is -0.167. The summed E-state index contributed by atoms with van der Waals surface area (Å²) in [6, 6.07) is 24.3. The van der Waals surface area contributed by atoms with Gasteiger partial charge in [0.05, 0.1) is 46.9 Å². The largest absolute Gasteiger partial charge is 0.497 e. The molecule has 59 heavy (non-hydrogen) atoms. The van der Waals surface area contributed by atoms with Crippen molar-refractivity contribution in [2.75, 3.05) is 60.8 Å². The van der Waals surface area contributed by atoms with Crippen molar-refractivity contribution in [2.45, 2.75) is 70.7 Å². The number of benzene rings is 3. The summed E-state index contributed by atoms with van der Waals surface area (Å²) in [5, 5.41) is 9.23. The zero-order valence-electron chi connectivity index (χ0n) is 34.9. The number of H-pyrrole nitrogens is 1. The molecule has 4 aromatic rings. The number of ether oxygens (including phenoxy) is 7. The van der Waals surface area contributed by atoms with Crippen LogP contribution in [0.1, 0.15) is 62.1 Å². The van der Waals surface area contributed by atoms with Gasteiger partial charge in [-0.1, -0.05) is 75.4 Å². The molecular formula is C44H57N3O12. The number of rotatable bonds is 20. The van der Waals surface area contributed by atoms with Crippen LogP contribution >= 0.6 is 0 Å². The van der Waals surface area contributed by atoms with Crippen molar-refractivity contribution in [3.63, 3.8) is 0 Å². The maximum absolute atomic E-state index is 13.2. The van der Waals surface area contributed by atoms with Gasteiger partial charge in [-0.15, -0.1) is 0 Å². The van der Waals surface area contributed by atoms with E-state index in [-0.39, 0.29) is 25.4 Å². The highest BCUT2D eigenvalue weighted by Crippen LogP contribution is 2.43. The van der Waals surface area contributed by atoms with Gasteiger partial charge in [0.2, 0.25) is 0 Å². The second-order valence-electron chi connectivity index (χ2n) is 13.7. The van der Waals surface area contributed by atoms with Crippen molar-refractivity contribution in [2.24, 2.45) is 0 Å². The molecule has 1 aliphatic rings. The van der Waals surface area contributed by atoms with Crippen molar-refractivity contribution in [1.29, 1.82) is 0 Å². The zero-order valence-corrected chi connectivity index (χ0v) is 34.9. The van der Waals surface area contributed by atoms with Gasteiger partial charge in [0.25, 0.3) is 5.56 Å². The van der Waals surface area contributed by atoms with Crippen molar-refractivity contribution in [3.8, 4) is 11.5 Å². The minimum atomic E-state index is -1.28. The van der Waals surface area contributed by atoms with E-state index in [1.807, 2.05) is 78.9 Å². The van der Waals surface area contributed by atoms with Gasteiger partial charge in [-0.3, -0.25) is 23.9 Å². The summed E-state index contributed by atoms with van der Waals surface area (Å²) >= 11 is 0. The second kappa shape index (κ2) is 22.7. The molecule has 0 saturated carbocycles. The quantitative estimate of drug-likeness (QED) is 0.0699. The predicted molar refractivity (Wildman–Crippen MR) is 220 cm³/mol. The lowest BCUT2D eigenvalue weighted by atomic mass is 9.80. The van der Waals surface area contributed by atoms with E-state index < -0.39 is 66.2 Å². The molecule has 320 valence electrons. The Morgan fingerprint density at radius 3 is 1.85 bits per heavy atom. The van der Waals surface area contributed by atoms with E-state index in [2.05, 4.69) is 30.7 Å². The Kier molecular flexibility index (Phi) is 17.9. The monoisotopic (exact) mass is 819 g/mol. The number of carboxylic acids is 1. The van der Waals surface area contributed by atoms with E-state index >= 15 is 0 Å². The number of aromatic nitrogens is 2. The van der Waals surface area contributed by atoms with Crippen LogP contribution in [0, 0.1) is 6.92 Å². The first-order valence-electron chi connectivity index (χ1n) is 19.7. The number of aromatic amines is 1. The smallest absolute Gasteiger partial charge is 0.330 e. The van der Waals surface area contributed by atoms with Gasteiger partial charge in [0, 0.05) is 18.9 Å². The lowest BCUT2D eigenvalue weighted by Gasteiger charge is -2.37. The molecular weight excluding hydrogens is 762 g/mol. The molecule has 5 rings (SSSR count). The summed E-state index contributed by atoms with van der Waals surface area (Å²) in [5.74, 6) is -0.722. The number of hydrogen-bond donors (Lipinski definition) is 2. The lowest BCUT2D eigenvalue weighted by molar-refractivity contribution is -0.162. The maximum atomic E-state index is 13.2. The Morgan fingerprint density at radius 2 is 1.36 bits per heavy atom. The minimum Gasteiger partial charge on any atom is -0.497 e. The van der Waals surface area contributed by atoms with Crippen LogP contribution in [0.15, 0.2) is 94.6 Å². The number of aliphatic carboxylic acids is 1. The van der Waals surface area contributed by atoms with Crippen LogP contribution in [0.3, 0.4) is 0 Å². The van der Waals surface area contributed by atoms with Crippen LogP contribution < -0.4 is 20.7 Å². The van der Waals surface area contributed by atoms with Crippen molar-refractivity contribution >= 4 is 11.9 Å². The Bertz CT molecular complexity index is 1960. The molecule has 0 radical (unpaired) electrons. The third-order valence-electron chi connectivity index (χ3n) is 10.1. The average molecular weight is 820 g/mol. The molecule has 0 unspecified atom stereocenters. The highest BCUT2D eigenvalue weighted by Gasteiger charge is 2.51. The Balaban J connectivity index is 0.00000101. The average Bonchev–Trinajstić information content (AvgIpc) is 3.59. The molecule has 1 aliphatic heterocycles. The topological polar surface area (TPSA) is 177 Å². The van der Waals surface area contributed by atoms with E-state index in [1.54, 1.807) is 14.2 Å². The summed E-state index contributed by atoms with van der Waals surface area (Å²) in [6.45, 7) is 11.6. The van der Waals surface area contributed by atoms with Crippen LogP contribution in [-0.4, -0.2) is 111 Å². The molecule has 3 aromatic carbocycles. The van der Waals surface area contributed by atoms with Crippen molar-refractivity contribution in [3.05, 3.63) is 128 Å². The molecule has 15 heteroatoms. The van der Waals surface area contributed by atoms with Gasteiger partial charge in [-0.05, 0) is 67.5 Å². The summed E-state index contributed by atoms with van der Waals surface area (Å²) in [6.07, 6.45) is -4.09. The van der Waals surface area contributed by atoms with E-state index in [1.165, 1.54) is 44.4 Å². The number of aryl methyl sites for hydroxylation is 1. The Morgan fingerprint density at radius 1 is 0.797 bits per heavy atom. The molecule has 1 fully saturated rings. The summed E-state index contributed by atoms with van der Waals surface area (Å²) in [7, 11) is 4.64. The Hall–Kier alpha value is -5.32. The van der Waals surface area contributed by atoms with Gasteiger partial charge in [0.1, 0.15) is 29.3 Å². The predicted octanol–water partition coefficient (Wildman–Crippen LogP) is 4.92. The molecule has 1 saturated heterocycles. The van der Waals surface area contributed by atoms with Gasteiger partial charge in [0.15, 0.2) is 12.3 Å². The second-order valence-corrected chi connectivity index (χ2v) is 13.7. The summed E-state index contributed by atoms with van der Waals surface area (Å²) in [4.78, 5) is 54.5. The number of nitrogens with zero attached hydrogens (tertiary/aromatic N) is 2. The fourth-order valence-corrected chi connectivity index (χ4v) is 6.80. The number of esters is 1. The van der Waals surface area contributed by atoms with Crippen LogP contribution in [-0.2, 0) is 38.9 Å². The number of carbonyl (C=O) groups excluding carboxylic acids is 1. The number of carboxylic acid groups (broad SMARTS) is 1. The number of hydrogen-bond acceptors (Lipinski definition) is 12. The van der Waals surface area contributed by atoms with E-state index in [9.17, 15) is 24.3 Å². The number of methoxy groups -OCH3 is 3. The first-order chi connectivity index (χ1) is 28.4. The SMILES string of the molecule is CCN(CC)CC.COCCO[C@@H]1[C@H](OC(=O)CCC(=O)O)[C@@H](COC(c2ccccc2)(c2ccc(OC)cc2)c2ccc(OC)cc2)O[C@H]1n1cc(C)c(=O)[nH]c1=O. The standard InChI is InChI=1S/C38H42N2O12.C6H15N/c1-24-22-40(37(45)39-35(24)44)36-34(49-21-20-46-2)33(52-32(43)19-18-31(41)42)30(51-36)23-50-38(25-8-6-5-7-9-25,26-10-14-28(47-3)15-11-26)27-12-16-29(48-4)17-13-27;1-4-7(5-2)6-3/h5-17,22,30,33-34,36H,18-21,23H2,1-4H3,(H,41,42)(H,39,44,45);4-6H2,1-3H3/t30-,33-,34-,36-;/m1./s1. The van der Waals surface area contributed by atoms with Crippen LogP contribution in [0.2, 0.25) is 0 Å². The Labute approximate surface area is 344 Å². The molecule has 0 bridgehead atoms. The minimum absolute atomic E-state index is 0.0283. The maximum Gasteiger partial charge on any atom is 0.330 e. The van der Waals surface area contributed by atoms with Crippen LogP contribution in [0.25, 0.3) is 0 Å². The highest BCUT2D eigenvalue weighted by molar-refractivity contribution is 5.76. The van der Waals surface area contributed by atoms with Gasteiger partial charge in [-0.2, -0.15) is 0 Å². The number of carbonyl (C=O) groups is 2. The molecule has 2 N–H and O–H groups in total. The normalized spacial score (nSPS) is 17.6. The molecule has 1 aromatic heterocycles. The highest BCUT2D eigenvalue weighted by atomic mass is 16.6. The zero-order chi connectivity index (χ0) is 43.0. The fourth-order valence-electron chi connectivity index (χ4n) is 6.80. The molecule has 0 aliphatic carbocycles. The van der Waals surface area contributed by atoms with E-state index in [0.717, 1.165) is 16.7 Å². The summed E-state index contributed by atoms with van der Waals surface area (Å²) < 4.78 is 42.9. The first-order valence-corrected chi connectivity index (χ1v) is 19.7.